The molecule has 0 aromatic heterocycles. The molecular weight excluding hydrogens is 218 g/mol. The first-order valence-electron chi connectivity index (χ1n) is 4.93. The zero-order valence-electron chi connectivity index (χ0n) is 8.94. The predicted molar refractivity (Wildman–Crippen MR) is 65.4 cm³/mol. The molecule has 0 unspecified atom stereocenters. The fourth-order valence-electron chi connectivity index (χ4n) is 1.87. The highest BCUT2D eigenvalue weighted by atomic mass is 16.1. The highest BCUT2D eigenvalue weighted by Gasteiger charge is 2.16. The van der Waals surface area contributed by atoms with E-state index < -0.39 is 11.8 Å². The SMILES string of the molecule is NC(=O)c1cccc2ccc(N)c(C(N)=O)c12. The minimum Gasteiger partial charge on any atom is -0.398 e. The lowest BCUT2D eigenvalue weighted by Crippen LogP contribution is -2.17. The zero-order valence-corrected chi connectivity index (χ0v) is 8.94. The first kappa shape index (κ1) is 10.9. The van der Waals surface area contributed by atoms with Crippen molar-refractivity contribution in [1.82, 2.24) is 0 Å². The molecule has 0 aliphatic heterocycles. The van der Waals surface area contributed by atoms with Crippen molar-refractivity contribution in [3.05, 3.63) is 41.5 Å². The van der Waals surface area contributed by atoms with Crippen LogP contribution < -0.4 is 17.2 Å². The molecule has 5 heteroatoms. The third-order valence-electron chi connectivity index (χ3n) is 2.59. The van der Waals surface area contributed by atoms with Crippen molar-refractivity contribution in [2.45, 2.75) is 0 Å². The first-order chi connectivity index (χ1) is 8.02. The Morgan fingerprint density at radius 2 is 1.65 bits per heavy atom. The van der Waals surface area contributed by atoms with Gasteiger partial charge in [0.2, 0.25) is 5.91 Å². The molecule has 0 aliphatic carbocycles. The predicted octanol–water partition coefficient (Wildman–Crippen LogP) is 0.620. The molecule has 2 rings (SSSR count). The number of amides is 2. The molecule has 0 bridgehead atoms. The maximum atomic E-state index is 11.4. The standard InChI is InChI=1S/C12H11N3O2/c13-8-5-4-6-2-1-3-7(11(14)16)9(6)10(8)12(15)17/h1-5H,13H2,(H2,14,16)(H2,15,17). The van der Waals surface area contributed by atoms with Gasteiger partial charge < -0.3 is 17.2 Å². The average Bonchev–Trinajstić information content (AvgIpc) is 2.27. The van der Waals surface area contributed by atoms with Crippen LogP contribution in [0.4, 0.5) is 5.69 Å². The third-order valence-corrected chi connectivity index (χ3v) is 2.59. The minimum atomic E-state index is -0.679. The molecule has 2 amide bonds. The van der Waals surface area contributed by atoms with Crippen LogP contribution in [0.25, 0.3) is 10.8 Å². The van der Waals surface area contributed by atoms with Crippen LogP contribution in [-0.2, 0) is 0 Å². The molecule has 0 atom stereocenters. The van der Waals surface area contributed by atoms with Crippen molar-refractivity contribution in [2.75, 3.05) is 5.73 Å². The summed E-state index contributed by atoms with van der Waals surface area (Å²) in [5.74, 6) is -1.30. The summed E-state index contributed by atoms with van der Waals surface area (Å²) in [6.45, 7) is 0. The summed E-state index contributed by atoms with van der Waals surface area (Å²) < 4.78 is 0. The second-order valence-electron chi connectivity index (χ2n) is 3.66. The van der Waals surface area contributed by atoms with Crippen molar-refractivity contribution in [1.29, 1.82) is 0 Å². The van der Waals surface area contributed by atoms with Crippen LogP contribution in [0, 0.1) is 0 Å². The third kappa shape index (κ3) is 1.67. The summed E-state index contributed by atoms with van der Waals surface area (Å²) in [4.78, 5) is 22.7. The van der Waals surface area contributed by atoms with Crippen molar-refractivity contribution in [2.24, 2.45) is 11.5 Å². The number of anilines is 1. The smallest absolute Gasteiger partial charge is 0.251 e. The van der Waals surface area contributed by atoms with E-state index >= 15 is 0 Å². The van der Waals surface area contributed by atoms with Gasteiger partial charge in [0, 0.05) is 16.6 Å². The average molecular weight is 229 g/mol. The monoisotopic (exact) mass is 229 g/mol. The van der Waals surface area contributed by atoms with E-state index in [4.69, 9.17) is 17.2 Å². The van der Waals surface area contributed by atoms with E-state index in [0.29, 0.717) is 10.8 Å². The van der Waals surface area contributed by atoms with Crippen molar-refractivity contribution in [3.63, 3.8) is 0 Å². The van der Waals surface area contributed by atoms with E-state index in [9.17, 15) is 9.59 Å². The lowest BCUT2D eigenvalue weighted by molar-refractivity contribution is 0.0998. The molecule has 17 heavy (non-hydrogen) atoms. The van der Waals surface area contributed by atoms with Gasteiger partial charge in [-0.15, -0.1) is 0 Å². The molecular formula is C12H11N3O2. The van der Waals surface area contributed by atoms with Gasteiger partial charge in [-0.2, -0.15) is 0 Å². The Morgan fingerprint density at radius 1 is 0.941 bits per heavy atom. The quantitative estimate of drug-likeness (QED) is 0.656. The van der Waals surface area contributed by atoms with Crippen molar-refractivity contribution in [3.8, 4) is 0 Å². The number of nitrogens with two attached hydrogens (primary N) is 3. The fraction of sp³-hybridized carbons (Fsp3) is 0. The van der Waals surface area contributed by atoms with Gasteiger partial charge in [-0.05, 0) is 17.5 Å². The molecule has 0 saturated heterocycles. The van der Waals surface area contributed by atoms with Gasteiger partial charge >= 0.3 is 0 Å². The summed E-state index contributed by atoms with van der Waals surface area (Å²) in [5.41, 5.74) is 16.9. The van der Waals surface area contributed by atoms with E-state index in [1.54, 1.807) is 24.3 Å². The highest BCUT2D eigenvalue weighted by molar-refractivity contribution is 6.17. The number of fused-ring (bicyclic) bond motifs is 1. The second kappa shape index (κ2) is 3.79. The highest BCUT2D eigenvalue weighted by Crippen LogP contribution is 2.27. The largest absolute Gasteiger partial charge is 0.398 e. The van der Waals surface area contributed by atoms with Crippen LogP contribution in [0.2, 0.25) is 0 Å². The van der Waals surface area contributed by atoms with Crippen LogP contribution in [0.1, 0.15) is 20.7 Å². The Balaban J connectivity index is 2.99. The Labute approximate surface area is 97.2 Å². The van der Waals surface area contributed by atoms with Gasteiger partial charge in [0.15, 0.2) is 0 Å². The van der Waals surface area contributed by atoms with Crippen LogP contribution >= 0.6 is 0 Å². The number of nitrogen functional groups attached to an aromatic ring is 1. The van der Waals surface area contributed by atoms with Gasteiger partial charge in [-0.3, -0.25) is 9.59 Å². The van der Waals surface area contributed by atoms with Crippen LogP contribution in [0.5, 0.6) is 0 Å². The van der Waals surface area contributed by atoms with Crippen LogP contribution in [0.3, 0.4) is 0 Å². The molecule has 6 N–H and O–H groups in total. The summed E-state index contributed by atoms with van der Waals surface area (Å²) in [6.07, 6.45) is 0. The van der Waals surface area contributed by atoms with Gasteiger partial charge in [-0.25, -0.2) is 0 Å². The Hall–Kier alpha value is -2.56. The van der Waals surface area contributed by atoms with Gasteiger partial charge in [0.05, 0.1) is 5.56 Å². The Morgan fingerprint density at radius 3 is 2.24 bits per heavy atom. The second-order valence-corrected chi connectivity index (χ2v) is 3.66. The molecule has 86 valence electrons. The molecule has 2 aromatic rings. The van der Waals surface area contributed by atoms with Crippen LogP contribution in [0.15, 0.2) is 30.3 Å². The van der Waals surface area contributed by atoms with Gasteiger partial charge in [0.1, 0.15) is 0 Å². The Bertz CT molecular complexity index is 635. The molecule has 0 heterocycles. The number of rotatable bonds is 2. The summed E-state index contributed by atoms with van der Waals surface area (Å²) in [5, 5.41) is 1.11. The number of hydrogen-bond acceptors (Lipinski definition) is 3. The van der Waals surface area contributed by atoms with Gasteiger partial charge in [-0.1, -0.05) is 18.2 Å². The maximum Gasteiger partial charge on any atom is 0.251 e. The topological polar surface area (TPSA) is 112 Å². The molecule has 0 radical (unpaired) electrons. The van der Waals surface area contributed by atoms with Gasteiger partial charge in [0.25, 0.3) is 5.91 Å². The number of primary amides is 2. The molecule has 0 saturated carbocycles. The van der Waals surface area contributed by atoms with Crippen molar-refractivity contribution < 1.29 is 9.59 Å². The lowest BCUT2D eigenvalue weighted by atomic mass is 9.97. The molecule has 0 spiro atoms. The van der Waals surface area contributed by atoms with E-state index in [2.05, 4.69) is 0 Å². The summed E-state index contributed by atoms with van der Waals surface area (Å²) in [7, 11) is 0. The Kier molecular flexibility index (Phi) is 2.44. The van der Waals surface area contributed by atoms with E-state index in [0.717, 1.165) is 0 Å². The molecule has 5 nitrogen and oxygen atoms in total. The molecule has 2 aromatic carbocycles. The normalized spacial score (nSPS) is 10.4. The number of benzene rings is 2. The zero-order chi connectivity index (χ0) is 12.6. The maximum absolute atomic E-state index is 11.4. The number of carbonyl (C=O) groups is 2. The fourth-order valence-corrected chi connectivity index (χ4v) is 1.87. The van der Waals surface area contributed by atoms with E-state index in [1.165, 1.54) is 6.07 Å². The van der Waals surface area contributed by atoms with Crippen LogP contribution in [-0.4, -0.2) is 11.8 Å². The molecule has 0 aliphatic rings. The van der Waals surface area contributed by atoms with Crippen molar-refractivity contribution >= 4 is 28.3 Å². The number of carbonyl (C=O) groups excluding carboxylic acids is 2. The summed E-state index contributed by atoms with van der Waals surface area (Å²) in [6, 6.07) is 8.27. The first-order valence-corrected chi connectivity index (χ1v) is 4.93. The van der Waals surface area contributed by atoms with E-state index in [1.807, 2.05) is 0 Å². The minimum absolute atomic E-state index is 0.136. The molecule has 0 fully saturated rings. The number of hydrogen-bond donors (Lipinski definition) is 3. The lowest BCUT2D eigenvalue weighted by Gasteiger charge is -2.09. The summed E-state index contributed by atoms with van der Waals surface area (Å²) >= 11 is 0. The van der Waals surface area contributed by atoms with E-state index in [-0.39, 0.29) is 16.8 Å².